The van der Waals surface area contributed by atoms with E-state index in [0.717, 1.165) is 26.7 Å². The number of nitrogens with one attached hydrogen (secondary N) is 2. The van der Waals surface area contributed by atoms with Crippen molar-refractivity contribution in [2.75, 3.05) is 5.32 Å². The van der Waals surface area contributed by atoms with E-state index >= 15 is 0 Å². The van der Waals surface area contributed by atoms with Crippen LogP contribution in [0.15, 0.2) is 51.6 Å². The molecule has 4 heterocycles. The van der Waals surface area contributed by atoms with Crippen LogP contribution in [0.5, 0.6) is 0 Å². The van der Waals surface area contributed by atoms with E-state index < -0.39 is 11.2 Å². The number of thiophene rings is 1. The summed E-state index contributed by atoms with van der Waals surface area (Å²) in [5.74, 6) is -1.91. The number of carbonyl (C=O) groups is 3. The number of amides is 3. The first kappa shape index (κ1) is 20.2. The van der Waals surface area contributed by atoms with Gasteiger partial charge in [0, 0.05) is 21.4 Å². The molecule has 2 aliphatic rings. The van der Waals surface area contributed by atoms with Crippen LogP contribution in [0.4, 0.5) is 5.69 Å². The van der Waals surface area contributed by atoms with Crippen molar-refractivity contribution in [2.24, 2.45) is 5.92 Å². The largest absolute Gasteiger partial charge is 0.325 e. The fraction of sp³-hybridized carbons (Fsp3) is 0.238. The molecular formula is C21H17N3O4S3. The lowest BCUT2D eigenvalue weighted by Gasteiger charge is -2.29. The molecule has 1 fully saturated rings. The highest BCUT2D eigenvalue weighted by molar-refractivity contribution is 8.00. The van der Waals surface area contributed by atoms with Gasteiger partial charge < -0.3 is 5.32 Å². The van der Waals surface area contributed by atoms with E-state index in [1.54, 1.807) is 12.1 Å². The van der Waals surface area contributed by atoms with E-state index in [2.05, 4.69) is 10.6 Å². The molecule has 0 saturated carbocycles. The van der Waals surface area contributed by atoms with E-state index in [1.807, 2.05) is 36.6 Å². The summed E-state index contributed by atoms with van der Waals surface area (Å²) in [7, 11) is 0. The van der Waals surface area contributed by atoms with Gasteiger partial charge in [-0.15, -0.1) is 11.3 Å². The predicted octanol–water partition coefficient (Wildman–Crippen LogP) is 2.80. The molecule has 2 N–H and O–H groups in total. The molecule has 3 amide bonds. The summed E-state index contributed by atoms with van der Waals surface area (Å²) in [5.41, 5.74) is 1.73. The Morgan fingerprint density at radius 2 is 1.90 bits per heavy atom. The molecule has 1 aromatic carbocycles. The third kappa shape index (κ3) is 3.54. The van der Waals surface area contributed by atoms with Crippen molar-refractivity contribution in [2.45, 2.75) is 29.7 Å². The number of hydrogen-bond donors (Lipinski definition) is 2. The Balaban J connectivity index is 1.50. The zero-order valence-electron chi connectivity index (χ0n) is 16.3. The lowest BCUT2D eigenvalue weighted by atomic mass is 9.87. The zero-order chi connectivity index (χ0) is 21.7. The second kappa shape index (κ2) is 7.77. The van der Waals surface area contributed by atoms with E-state index in [0.29, 0.717) is 10.7 Å². The van der Waals surface area contributed by atoms with E-state index in [-0.39, 0.29) is 35.1 Å². The SMILES string of the molecule is Cc1ccc(NC(=O)Cn2c3c(sc2=O)C(c2cccs2)C2C(=O)NC(=O)C2S3)cc1. The Labute approximate surface area is 189 Å². The monoisotopic (exact) mass is 471 g/mol. The van der Waals surface area contributed by atoms with Crippen LogP contribution in [0.3, 0.4) is 0 Å². The Bertz CT molecular complexity index is 1240. The average Bonchev–Trinajstić information content (AvgIpc) is 3.43. The van der Waals surface area contributed by atoms with E-state index in [1.165, 1.54) is 27.7 Å². The van der Waals surface area contributed by atoms with Crippen LogP contribution in [0.1, 0.15) is 21.2 Å². The quantitative estimate of drug-likeness (QED) is 0.571. The van der Waals surface area contributed by atoms with Gasteiger partial charge in [-0.25, -0.2) is 0 Å². The molecule has 1 saturated heterocycles. The molecule has 0 aliphatic carbocycles. The van der Waals surface area contributed by atoms with Gasteiger partial charge in [-0.2, -0.15) is 0 Å². The third-order valence-corrected chi connectivity index (χ3v) is 8.95. The molecule has 3 atom stereocenters. The van der Waals surface area contributed by atoms with Gasteiger partial charge in [-0.3, -0.25) is 29.1 Å². The lowest BCUT2D eigenvalue weighted by molar-refractivity contribution is -0.126. The fourth-order valence-corrected chi connectivity index (χ4v) is 7.62. The molecule has 0 bridgehead atoms. The van der Waals surface area contributed by atoms with Crippen LogP contribution in [0, 0.1) is 12.8 Å². The van der Waals surface area contributed by atoms with Gasteiger partial charge >= 0.3 is 4.87 Å². The summed E-state index contributed by atoms with van der Waals surface area (Å²) < 4.78 is 1.42. The van der Waals surface area contributed by atoms with Crippen molar-refractivity contribution in [3.8, 4) is 0 Å². The van der Waals surface area contributed by atoms with Crippen LogP contribution < -0.4 is 15.5 Å². The highest BCUT2D eigenvalue weighted by atomic mass is 32.2. The summed E-state index contributed by atoms with van der Waals surface area (Å²) in [6.07, 6.45) is 0. The van der Waals surface area contributed by atoms with Crippen LogP contribution >= 0.6 is 34.4 Å². The van der Waals surface area contributed by atoms with Crippen molar-refractivity contribution in [1.29, 1.82) is 0 Å². The van der Waals surface area contributed by atoms with Crippen LogP contribution in [-0.2, 0) is 20.9 Å². The smallest absolute Gasteiger partial charge is 0.308 e. The first-order valence-corrected chi connectivity index (χ1v) is 12.1. The normalized spacial score (nSPS) is 22.0. The van der Waals surface area contributed by atoms with E-state index in [4.69, 9.17) is 0 Å². The predicted molar refractivity (Wildman–Crippen MR) is 121 cm³/mol. The van der Waals surface area contributed by atoms with Crippen molar-refractivity contribution in [1.82, 2.24) is 9.88 Å². The number of nitrogens with zero attached hydrogens (tertiary/aromatic N) is 1. The summed E-state index contributed by atoms with van der Waals surface area (Å²) in [5, 5.41) is 7.13. The first-order chi connectivity index (χ1) is 14.9. The number of aromatic nitrogens is 1. The van der Waals surface area contributed by atoms with Gasteiger partial charge in [0.1, 0.15) is 11.8 Å². The van der Waals surface area contributed by atoms with Gasteiger partial charge in [0.05, 0.1) is 10.9 Å². The molecule has 2 aliphatic heterocycles. The number of thioether (sulfide) groups is 1. The van der Waals surface area contributed by atoms with Crippen LogP contribution in [0.25, 0.3) is 0 Å². The molecule has 0 spiro atoms. The second-order valence-corrected chi connectivity index (χ2v) is 10.6. The molecule has 2 aromatic heterocycles. The summed E-state index contributed by atoms with van der Waals surface area (Å²) in [6.45, 7) is 1.80. The number of fused-ring (bicyclic) bond motifs is 2. The number of imide groups is 1. The molecule has 7 nitrogen and oxygen atoms in total. The van der Waals surface area contributed by atoms with Crippen LogP contribution in [-0.4, -0.2) is 27.5 Å². The fourth-order valence-electron chi connectivity index (χ4n) is 3.93. The number of benzene rings is 1. The summed E-state index contributed by atoms with van der Waals surface area (Å²) in [6, 6.07) is 11.2. The highest BCUT2D eigenvalue weighted by Crippen LogP contribution is 2.52. The number of thiazole rings is 1. The van der Waals surface area contributed by atoms with Gasteiger partial charge in [-0.05, 0) is 30.5 Å². The van der Waals surface area contributed by atoms with Gasteiger partial charge in [0.25, 0.3) is 0 Å². The van der Waals surface area contributed by atoms with Crippen molar-refractivity contribution in [3.63, 3.8) is 0 Å². The Hall–Kier alpha value is -2.69. The lowest BCUT2D eigenvalue weighted by Crippen LogP contribution is -2.32. The molecule has 5 rings (SSSR count). The number of rotatable bonds is 4. The molecule has 0 radical (unpaired) electrons. The summed E-state index contributed by atoms with van der Waals surface area (Å²) in [4.78, 5) is 51.9. The maximum atomic E-state index is 12.8. The van der Waals surface area contributed by atoms with Gasteiger partial charge in [0.2, 0.25) is 17.7 Å². The third-order valence-electron chi connectivity index (χ3n) is 5.37. The molecule has 158 valence electrons. The number of aryl methyl sites for hydroxylation is 1. The maximum Gasteiger partial charge on any atom is 0.308 e. The average molecular weight is 472 g/mol. The van der Waals surface area contributed by atoms with Crippen LogP contribution in [0.2, 0.25) is 0 Å². The summed E-state index contributed by atoms with van der Waals surface area (Å²) >= 11 is 3.74. The number of carbonyl (C=O) groups excluding carboxylic acids is 3. The zero-order valence-corrected chi connectivity index (χ0v) is 18.7. The Kier molecular flexibility index (Phi) is 5.07. The van der Waals surface area contributed by atoms with Gasteiger partial charge in [-0.1, -0.05) is 46.9 Å². The minimum atomic E-state index is -0.618. The van der Waals surface area contributed by atoms with Gasteiger partial charge in [0.15, 0.2) is 0 Å². The highest BCUT2D eigenvalue weighted by Gasteiger charge is 2.53. The minimum Gasteiger partial charge on any atom is -0.325 e. The maximum absolute atomic E-state index is 12.8. The molecule has 3 unspecified atom stereocenters. The standard InChI is InChI=1S/C21H17N3O4S3/c1-10-4-6-11(7-5-10)22-13(25)9-24-20-17(31-21(24)28)14(12-3-2-8-29-12)15-16(30-20)19(27)23-18(15)26/h2-8,14-16H,9H2,1H3,(H,22,25)(H,23,26,27). The molecule has 10 heteroatoms. The van der Waals surface area contributed by atoms with Crippen molar-refractivity contribution in [3.05, 3.63) is 66.8 Å². The minimum absolute atomic E-state index is 0.157. The Morgan fingerprint density at radius 1 is 1.13 bits per heavy atom. The molecule has 3 aromatic rings. The van der Waals surface area contributed by atoms with E-state index in [9.17, 15) is 19.2 Å². The Morgan fingerprint density at radius 3 is 2.61 bits per heavy atom. The topological polar surface area (TPSA) is 97.3 Å². The number of hydrogen-bond acceptors (Lipinski definition) is 7. The first-order valence-electron chi connectivity index (χ1n) is 9.57. The molecular weight excluding hydrogens is 454 g/mol. The van der Waals surface area contributed by atoms with Crippen molar-refractivity contribution < 1.29 is 14.4 Å². The second-order valence-electron chi connectivity index (χ2n) is 7.45. The molecule has 31 heavy (non-hydrogen) atoms. The number of anilines is 1. The van der Waals surface area contributed by atoms with Crippen molar-refractivity contribution >= 4 is 57.8 Å².